The van der Waals surface area contributed by atoms with Crippen molar-refractivity contribution < 1.29 is 0 Å². The van der Waals surface area contributed by atoms with Crippen LogP contribution in [0.25, 0.3) is 0 Å². The Morgan fingerprint density at radius 3 is 2.21 bits per heavy atom. The van der Waals surface area contributed by atoms with E-state index in [1.54, 1.807) is 0 Å². The first-order chi connectivity index (χ1) is 9.24. The number of hydrogen-bond donors (Lipinski definition) is 0. The molecule has 0 bridgehead atoms. The SMILES string of the molecule is CCc1ccc(CC(CC)(CBr)c2ccccc2)s1. The van der Waals surface area contributed by atoms with Gasteiger partial charge in [-0.3, -0.25) is 0 Å². The van der Waals surface area contributed by atoms with E-state index in [0.717, 1.165) is 24.6 Å². The first-order valence-corrected chi connectivity index (χ1v) is 8.87. The van der Waals surface area contributed by atoms with Crippen LogP contribution in [0.15, 0.2) is 42.5 Å². The fourth-order valence-electron chi connectivity index (χ4n) is 2.48. The molecule has 1 aromatic heterocycles. The molecule has 0 fully saturated rings. The summed E-state index contributed by atoms with van der Waals surface area (Å²) >= 11 is 5.72. The van der Waals surface area contributed by atoms with Crippen LogP contribution in [0.2, 0.25) is 0 Å². The normalized spacial score (nSPS) is 14.3. The molecule has 0 spiro atoms. The molecule has 2 aromatic rings. The summed E-state index contributed by atoms with van der Waals surface area (Å²) in [6, 6.07) is 15.5. The molecule has 1 atom stereocenters. The first-order valence-electron chi connectivity index (χ1n) is 6.93. The zero-order chi connectivity index (χ0) is 13.7. The van der Waals surface area contributed by atoms with E-state index in [9.17, 15) is 0 Å². The Bertz CT molecular complexity index is 497. The second-order valence-electron chi connectivity index (χ2n) is 5.03. The van der Waals surface area contributed by atoms with E-state index in [4.69, 9.17) is 0 Å². The van der Waals surface area contributed by atoms with Gasteiger partial charge in [-0.05, 0) is 37.0 Å². The minimum atomic E-state index is 0.219. The standard InChI is InChI=1S/C17H21BrS/c1-3-15-10-11-16(19-15)12-17(4-2,13-18)14-8-6-5-7-9-14/h5-11H,3-4,12-13H2,1-2H3. The molecule has 1 unspecified atom stereocenters. The molecular formula is C17H21BrS. The lowest BCUT2D eigenvalue weighted by Crippen LogP contribution is -2.29. The molecular weight excluding hydrogens is 316 g/mol. The second kappa shape index (κ2) is 6.71. The van der Waals surface area contributed by atoms with Crippen molar-refractivity contribution in [3.05, 3.63) is 57.8 Å². The van der Waals surface area contributed by atoms with Gasteiger partial charge in [-0.15, -0.1) is 11.3 Å². The molecule has 1 aromatic carbocycles. The van der Waals surface area contributed by atoms with Crippen molar-refractivity contribution >= 4 is 27.3 Å². The molecule has 19 heavy (non-hydrogen) atoms. The quantitative estimate of drug-likeness (QED) is 0.602. The Hall–Kier alpha value is -0.600. The molecule has 0 aliphatic carbocycles. The minimum absolute atomic E-state index is 0.219. The van der Waals surface area contributed by atoms with Gasteiger partial charge in [0.25, 0.3) is 0 Å². The molecule has 2 rings (SSSR count). The highest BCUT2D eigenvalue weighted by Crippen LogP contribution is 2.35. The Morgan fingerprint density at radius 1 is 1.00 bits per heavy atom. The lowest BCUT2D eigenvalue weighted by molar-refractivity contribution is 0.468. The Morgan fingerprint density at radius 2 is 1.68 bits per heavy atom. The maximum absolute atomic E-state index is 3.76. The van der Waals surface area contributed by atoms with E-state index >= 15 is 0 Å². The lowest BCUT2D eigenvalue weighted by atomic mass is 9.77. The second-order valence-corrected chi connectivity index (χ2v) is 6.85. The van der Waals surface area contributed by atoms with E-state index < -0.39 is 0 Å². The van der Waals surface area contributed by atoms with Gasteiger partial charge in [-0.25, -0.2) is 0 Å². The molecule has 2 heteroatoms. The Balaban J connectivity index is 2.29. The highest BCUT2D eigenvalue weighted by atomic mass is 79.9. The summed E-state index contributed by atoms with van der Waals surface area (Å²) in [4.78, 5) is 2.99. The molecule has 0 radical (unpaired) electrons. The fourth-order valence-corrected chi connectivity index (χ4v) is 4.50. The van der Waals surface area contributed by atoms with Gasteiger partial charge in [-0.2, -0.15) is 0 Å². The molecule has 0 saturated heterocycles. The molecule has 0 saturated carbocycles. The molecule has 0 aliphatic rings. The zero-order valence-corrected chi connectivity index (χ0v) is 14.1. The number of benzene rings is 1. The van der Waals surface area contributed by atoms with Crippen LogP contribution in [0, 0.1) is 0 Å². The van der Waals surface area contributed by atoms with Crippen molar-refractivity contribution in [2.24, 2.45) is 0 Å². The van der Waals surface area contributed by atoms with Crippen LogP contribution in [0.1, 0.15) is 35.6 Å². The largest absolute Gasteiger partial charge is 0.145 e. The van der Waals surface area contributed by atoms with Gasteiger partial charge in [-0.1, -0.05) is 60.1 Å². The van der Waals surface area contributed by atoms with E-state index in [0.29, 0.717) is 0 Å². The summed E-state index contributed by atoms with van der Waals surface area (Å²) in [5.41, 5.74) is 1.66. The summed E-state index contributed by atoms with van der Waals surface area (Å²) < 4.78 is 0. The van der Waals surface area contributed by atoms with Gasteiger partial charge in [0.2, 0.25) is 0 Å². The summed E-state index contributed by atoms with van der Waals surface area (Å²) in [5.74, 6) is 0. The van der Waals surface area contributed by atoms with Crippen LogP contribution in [-0.2, 0) is 18.3 Å². The van der Waals surface area contributed by atoms with Crippen LogP contribution in [0.4, 0.5) is 0 Å². The number of thiophene rings is 1. The van der Waals surface area contributed by atoms with E-state index in [-0.39, 0.29) is 5.41 Å². The van der Waals surface area contributed by atoms with Gasteiger partial charge in [0.15, 0.2) is 0 Å². The monoisotopic (exact) mass is 336 g/mol. The summed E-state index contributed by atoms with van der Waals surface area (Å²) in [6.45, 7) is 4.52. The van der Waals surface area contributed by atoms with Crippen molar-refractivity contribution in [2.75, 3.05) is 5.33 Å². The van der Waals surface area contributed by atoms with E-state index in [1.807, 2.05) is 11.3 Å². The predicted molar refractivity (Wildman–Crippen MR) is 89.6 cm³/mol. The molecule has 0 amide bonds. The average Bonchev–Trinajstić information content (AvgIpc) is 2.93. The van der Waals surface area contributed by atoms with Crippen LogP contribution >= 0.6 is 27.3 Å². The number of alkyl halides is 1. The Kier molecular flexibility index (Phi) is 5.23. The molecule has 102 valence electrons. The topological polar surface area (TPSA) is 0 Å². The van der Waals surface area contributed by atoms with Gasteiger partial charge >= 0.3 is 0 Å². The third-order valence-corrected chi connectivity index (χ3v) is 6.20. The van der Waals surface area contributed by atoms with Crippen LogP contribution in [0.5, 0.6) is 0 Å². The molecule has 1 heterocycles. The van der Waals surface area contributed by atoms with Crippen LogP contribution in [-0.4, -0.2) is 5.33 Å². The highest BCUT2D eigenvalue weighted by Gasteiger charge is 2.29. The molecule has 0 aliphatic heterocycles. The first kappa shape index (κ1) is 14.8. The lowest BCUT2D eigenvalue weighted by Gasteiger charge is -2.31. The van der Waals surface area contributed by atoms with Crippen LogP contribution < -0.4 is 0 Å². The van der Waals surface area contributed by atoms with Gasteiger partial charge in [0, 0.05) is 20.5 Å². The number of rotatable bonds is 6. The summed E-state index contributed by atoms with van der Waals surface area (Å²) in [6.07, 6.45) is 3.43. The van der Waals surface area contributed by atoms with E-state index in [2.05, 4.69) is 72.2 Å². The maximum atomic E-state index is 3.76. The van der Waals surface area contributed by atoms with Crippen molar-refractivity contribution in [2.45, 2.75) is 38.5 Å². The van der Waals surface area contributed by atoms with Gasteiger partial charge in [0.1, 0.15) is 0 Å². The summed E-state index contributed by atoms with van der Waals surface area (Å²) in [5, 5.41) is 1.01. The molecule has 0 N–H and O–H groups in total. The van der Waals surface area contributed by atoms with Crippen molar-refractivity contribution in [3.63, 3.8) is 0 Å². The fraction of sp³-hybridized carbons (Fsp3) is 0.412. The van der Waals surface area contributed by atoms with Gasteiger partial charge < -0.3 is 0 Å². The van der Waals surface area contributed by atoms with E-state index in [1.165, 1.54) is 15.3 Å². The third kappa shape index (κ3) is 3.29. The van der Waals surface area contributed by atoms with Crippen molar-refractivity contribution in [1.29, 1.82) is 0 Å². The zero-order valence-electron chi connectivity index (χ0n) is 11.7. The Labute approximate surface area is 129 Å². The highest BCUT2D eigenvalue weighted by molar-refractivity contribution is 9.09. The predicted octanol–water partition coefficient (Wildman–Crippen LogP) is 5.60. The number of hydrogen-bond acceptors (Lipinski definition) is 1. The van der Waals surface area contributed by atoms with Crippen LogP contribution in [0.3, 0.4) is 0 Å². The third-order valence-electron chi connectivity index (χ3n) is 3.90. The van der Waals surface area contributed by atoms with Crippen molar-refractivity contribution in [1.82, 2.24) is 0 Å². The maximum Gasteiger partial charge on any atom is 0.0132 e. The molecule has 0 nitrogen and oxygen atoms in total. The van der Waals surface area contributed by atoms with Crippen molar-refractivity contribution in [3.8, 4) is 0 Å². The smallest absolute Gasteiger partial charge is 0.0132 e. The summed E-state index contributed by atoms with van der Waals surface area (Å²) in [7, 11) is 0. The number of aryl methyl sites for hydroxylation is 1. The number of halogens is 1. The average molecular weight is 337 g/mol. The minimum Gasteiger partial charge on any atom is -0.145 e. The van der Waals surface area contributed by atoms with Gasteiger partial charge in [0.05, 0.1) is 0 Å².